The second-order valence-electron chi connectivity index (χ2n) is 6.46. The molecule has 1 amide bonds. The molecule has 1 aliphatic carbocycles. The molecule has 1 aromatic carbocycles. The van der Waals surface area contributed by atoms with E-state index >= 15 is 0 Å². The van der Waals surface area contributed by atoms with Crippen LogP contribution in [0.1, 0.15) is 36.8 Å². The van der Waals surface area contributed by atoms with Crippen LogP contribution in [0, 0.1) is 25.7 Å². The molecule has 0 radical (unpaired) electrons. The number of nitrogens with one attached hydrogen (secondary N) is 1. The molecule has 1 fully saturated rings. The molecule has 5 nitrogen and oxygen atoms in total. The van der Waals surface area contributed by atoms with Crippen LogP contribution in [0.4, 0.5) is 0 Å². The van der Waals surface area contributed by atoms with Crippen LogP contribution in [0.2, 0.25) is 0 Å². The quantitative estimate of drug-likeness (QED) is 0.813. The number of ether oxygens (including phenoxy) is 2. The number of carbonyl (C=O) groups is 2. The second kappa shape index (κ2) is 8.71. The van der Waals surface area contributed by atoms with Gasteiger partial charge in [0.05, 0.1) is 13.0 Å². The van der Waals surface area contributed by atoms with Gasteiger partial charge in [-0.3, -0.25) is 9.59 Å². The minimum Gasteiger partial charge on any atom is -0.483 e. The molecule has 2 unspecified atom stereocenters. The summed E-state index contributed by atoms with van der Waals surface area (Å²) in [6, 6.07) is 5.79. The zero-order valence-electron chi connectivity index (χ0n) is 14.8. The molecule has 0 heterocycles. The van der Waals surface area contributed by atoms with Crippen LogP contribution in [0.5, 0.6) is 5.75 Å². The van der Waals surface area contributed by atoms with Crippen molar-refractivity contribution in [1.29, 1.82) is 0 Å². The van der Waals surface area contributed by atoms with E-state index in [9.17, 15) is 9.59 Å². The largest absolute Gasteiger partial charge is 0.483 e. The molecule has 1 saturated carbocycles. The number of esters is 1. The van der Waals surface area contributed by atoms with Gasteiger partial charge in [0.15, 0.2) is 6.61 Å². The molecular formula is C19H27NO4. The summed E-state index contributed by atoms with van der Waals surface area (Å²) in [5.41, 5.74) is 2.18. The SMILES string of the molecule is COC(=O)C1CCCCC1CNC(=O)COc1cccc(C)c1C. The number of methoxy groups -OCH3 is 1. The predicted octanol–water partition coefficient (Wildman–Crippen LogP) is 2.78. The third kappa shape index (κ3) is 4.73. The highest BCUT2D eigenvalue weighted by Crippen LogP contribution is 2.30. The summed E-state index contributed by atoms with van der Waals surface area (Å²) in [6.45, 7) is 4.47. The fourth-order valence-electron chi connectivity index (χ4n) is 3.23. The highest BCUT2D eigenvalue weighted by Gasteiger charge is 2.31. The number of aryl methyl sites for hydroxylation is 1. The maximum Gasteiger partial charge on any atom is 0.309 e. The first-order chi connectivity index (χ1) is 11.5. The number of rotatable bonds is 6. The van der Waals surface area contributed by atoms with E-state index in [1.165, 1.54) is 7.11 Å². The van der Waals surface area contributed by atoms with Gasteiger partial charge in [0.2, 0.25) is 0 Å². The van der Waals surface area contributed by atoms with Gasteiger partial charge >= 0.3 is 5.97 Å². The average molecular weight is 333 g/mol. The van der Waals surface area contributed by atoms with Crippen molar-refractivity contribution in [2.24, 2.45) is 11.8 Å². The molecule has 24 heavy (non-hydrogen) atoms. The molecule has 132 valence electrons. The fraction of sp³-hybridized carbons (Fsp3) is 0.579. The average Bonchev–Trinajstić information content (AvgIpc) is 2.60. The van der Waals surface area contributed by atoms with Crippen molar-refractivity contribution in [3.63, 3.8) is 0 Å². The zero-order valence-corrected chi connectivity index (χ0v) is 14.8. The van der Waals surface area contributed by atoms with Crippen LogP contribution in [-0.4, -0.2) is 32.1 Å². The lowest BCUT2D eigenvalue weighted by Crippen LogP contribution is -2.39. The number of hydrogen-bond acceptors (Lipinski definition) is 4. The van der Waals surface area contributed by atoms with Crippen molar-refractivity contribution in [2.75, 3.05) is 20.3 Å². The monoisotopic (exact) mass is 333 g/mol. The molecule has 0 aromatic heterocycles. The maximum atomic E-state index is 12.0. The van der Waals surface area contributed by atoms with Crippen LogP contribution in [0.3, 0.4) is 0 Å². The van der Waals surface area contributed by atoms with E-state index in [4.69, 9.17) is 9.47 Å². The summed E-state index contributed by atoms with van der Waals surface area (Å²) >= 11 is 0. The predicted molar refractivity (Wildman–Crippen MR) is 91.9 cm³/mol. The van der Waals surface area contributed by atoms with Crippen molar-refractivity contribution < 1.29 is 19.1 Å². The van der Waals surface area contributed by atoms with Crippen LogP contribution in [-0.2, 0) is 14.3 Å². The Morgan fingerprint density at radius 2 is 1.96 bits per heavy atom. The van der Waals surface area contributed by atoms with E-state index in [1.807, 2.05) is 32.0 Å². The smallest absolute Gasteiger partial charge is 0.309 e. The first-order valence-corrected chi connectivity index (χ1v) is 8.56. The fourth-order valence-corrected chi connectivity index (χ4v) is 3.23. The first kappa shape index (κ1) is 18.3. The van der Waals surface area contributed by atoms with E-state index in [0.29, 0.717) is 6.54 Å². The van der Waals surface area contributed by atoms with Crippen molar-refractivity contribution in [2.45, 2.75) is 39.5 Å². The zero-order chi connectivity index (χ0) is 17.5. The normalized spacial score (nSPS) is 20.3. The van der Waals surface area contributed by atoms with E-state index < -0.39 is 0 Å². The van der Waals surface area contributed by atoms with Gasteiger partial charge in [0.25, 0.3) is 5.91 Å². The first-order valence-electron chi connectivity index (χ1n) is 8.56. The van der Waals surface area contributed by atoms with Gasteiger partial charge in [0.1, 0.15) is 5.75 Å². The lowest BCUT2D eigenvalue weighted by atomic mass is 9.79. The molecule has 1 N–H and O–H groups in total. The van der Waals surface area contributed by atoms with Crippen LogP contribution in [0.15, 0.2) is 18.2 Å². The van der Waals surface area contributed by atoms with Gasteiger partial charge in [-0.1, -0.05) is 25.0 Å². The van der Waals surface area contributed by atoms with E-state index in [0.717, 1.165) is 42.6 Å². The van der Waals surface area contributed by atoms with Crippen molar-refractivity contribution >= 4 is 11.9 Å². The lowest BCUT2D eigenvalue weighted by Gasteiger charge is -2.29. The molecule has 0 bridgehead atoms. The Morgan fingerprint density at radius 1 is 1.21 bits per heavy atom. The molecule has 0 saturated heterocycles. The molecule has 1 aliphatic rings. The van der Waals surface area contributed by atoms with Gasteiger partial charge in [0, 0.05) is 6.54 Å². The summed E-state index contributed by atoms with van der Waals surface area (Å²) in [5.74, 6) is 0.445. The van der Waals surface area contributed by atoms with Gasteiger partial charge in [-0.05, 0) is 49.8 Å². The molecule has 0 aliphatic heterocycles. The van der Waals surface area contributed by atoms with Crippen LogP contribution in [0.25, 0.3) is 0 Å². The standard InChI is InChI=1S/C19H27NO4/c1-13-7-6-10-17(14(13)2)24-12-18(21)20-11-15-8-4-5-9-16(15)19(22)23-3/h6-7,10,15-16H,4-5,8-9,11-12H2,1-3H3,(H,20,21). The Hall–Kier alpha value is -2.04. The Bertz CT molecular complexity index is 585. The third-order valence-corrected chi connectivity index (χ3v) is 4.89. The Morgan fingerprint density at radius 3 is 2.71 bits per heavy atom. The Balaban J connectivity index is 1.81. The molecule has 2 atom stereocenters. The van der Waals surface area contributed by atoms with Gasteiger partial charge in [-0.2, -0.15) is 0 Å². The third-order valence-electron chi connectivity index (χ3n) is 4.89. The molecule has 1 aromatic rings. The Kier molecular flexibility index (Phi) is 6.64. The number of hydrogen-bond donors (Lipinski definition) is 1. The minimum atomic E-state index is -0.166. The van der Waals surface area contributed by atoms with Gasteiger partial charge < -0.3 is 14.8 Å². The summed E-state index contributed by atoms with van der Waals surface area (Å²) in [4.78, 5) is 23.9. The van der Waals surface area contributed by atoms with E-state index in [2.05, 4.69) is 5.32 Å². The minimum absolute atomic E-state index is 0.0140. The van der Waals surface area contributed by atoms with Crippen LogP contribution < -0.4 is 10.1 Å². The van der Waals surface area contributed by atoms with E-state index in [1.54, 1.807) is 0 Å². The van der Waals surface area contributed by atoms with E-state index in [-0.39, 0.29) is 30.3 Å². The van der Waals surface area contributed by atoms with Crippen molar-refractivity contribution in [1.82, 2.24) is 5.32 Å². The van der Waals surface area contributed by atoms with Crippen molar-refractivity contribution in [3.8, 4) is 5.75 Å². The van der Waals surface area contributed by atoms with Gasteiger partial charge in [-0.15, -0.1) is 0 Å². The number of carbonyl (C=O) groups excluding carboxylic acids is 2. The number of amides is 1. The van der Waals surface area contributed by atoms with Gasteiger partial charge in [-0.25, -0.2) is 0 Å². The number of benzene rings is 1. The lowest BCUT2D eigenvalue weighted by molar-refractivity contribution is -0.148. The highest BCUT2D eigenvalue weighted by molar-refractivity contribution is 5.78. The second-order valence-corrected chi connectivity index (χ2v) is 6.46. The summed E-state index contributed by atoms with van der Waals surface area (Å²) in [5, 5.41) is 2.89. The molecule has 5 heteroatoms. The maximum absolute atomic E-state index is 12.0. The topological polar surface area (TPSA) is 64.6 Å². The summed E-state index contributed by atoms with van der Waals surface area (Å²) in [6.07, 6.45) is 3.91. The molecule has 0 spiro atoms. The molecular weight excluding hydrogens is 306 g/mol. The van der Waals surface area contributed by atoms with Crippen molar-refractivity contribution in [3.05, 3.63) is 29.3 Å². The Labute approximate surface area is 143 Å². The highest BCUT2D eigenvalue weighted by atomic mass is 16.5. The summed E-state index contributed by atoms with van der Waals surface area (Å²) in [7, 11) is 1.42. The molecule has 2 rings (SSSR count). The van der Waals surface area contributed by atoms with Crippen LogP contribution >= 0.6 is 0 Å². The summed E-state index contributed by atoms with van der Waals surface area (Å²) < 4.78 is 10.5.